The van der Waals surface area contributed by atoms with E-state index in [-0.39, 0.29) is 0 Å². The quantitative estimate of drug-likeness (QED) is 0.401. The molecule has 0 spiro atoms. The number of H-pyrrole nitrogens is 1. The molecule has 3 N–H and O–H groups in total. The second kappa shape index (κ2) is 8.95. The molecule has 9 heteroatoms. The van der Waals surface area contributed by atoms with Crippen LogP contribution < -0.4 is 21.0 Å². The first-order valence-corrected chi connectivity index (χ1v) is 10.4. The monoisotopic (exact) mass is 414 g/mol. The molecule has 1 aliphatic rings. The minimum atomic E-state index is -0.444. The van der Waals surface area contributed by atoms with Crippen molar-refractivity contribution in [3.8, 4) is 0 Å². The van der Waals surface area contributed by atoms with Crippen LogP contribution in [0.1, 0.15) is 11.4 Å². The second-order valence-corrected chi connectivity index (χ2v) is 8.00. The first-order valence-electron chi connectivity index (χ1n) is 10.4. The van der Waals surface area contributed by atoms with Gasteiger partial charge in [0.05, 0.1) is 6.61 Å². The van der Waals surface area contributed by atoms with E-state index in [0.29, 0.717) is 24.3 Å². The molecule has 3 heterocycles. The van der Waals surface area contributed by atoms with Crippen LogP contribution in [0, 0.1) is 0 Å². The third-order valence-corrected chi connectivity index (χ3v) is 5.97. The summed E-state index contributed by atoms with van der Waals surface area (Å²) in [7, 11) is 3.27. The fourth-order valence-corrected chi connectivity index (χ4v) is 4.26. The molecule has 1 saturated heterocycles. The number of imidazole rings is 1. The van der Waals surface area contributed by atoms with Crippen molar-refractivity contribution in [1.82, 2.24) is 19.1 Å². The fraction of sp³-hybridized carbons (Fsp3) is 0.476. The number of aryl methyl sites for hydroxylation is 1. The molecule has 160 valence electrons. The lowest BCUT2D eigenvalue weighted by Gasteiger charge is -2.29. The predicted molar refractivity (Wildman–Crippen MR) is 113 cm³/mol. The van der Waals surface area contributed by atoms with Crippen LogP contribution in [0.15, 0.2) is 39.9 Å². The molecule has 3 aromatic rings. The summed E-state index contributed by atoms with van der Waals surface area (Å²) in [4.78, 5) is 34.6. The molecule has 0 bridgehead atoms. The van der Waals surface area contributed by atoms with Crippen LogP contribution in [-0.2, 0) is 31.4 Å². The molecule has 1 aliphatic heterocycles. The van der Waals surface area contributed by atoms with Gasteiger partial charge in [-0.1, -0.05) is 30.3 Å². The van der Waals surface area contributed by atoms with Crippen molar-refractivity contribution in [2.45, 2.75) is 19.6 Å². The van der Waals surface area contributed by atoms with Crippen molar-refractivity contribution in [3.05, 3.63) is 62.6 Å². The number of piperazine rings is 1. The van der Waals surface area contributed by atoms with Gasteiger partial charge in [-0.2, -0.15) is 0 Å². The summed E-state index contributed by atoms with van der Waals surface area (Å²) in [6, 6.07) is 10.6. The minimum Gasteiger partial charge on any atom is -0.383 e. The van der Waals surface area contributed by atoms with Crippen LogP contribution in [0.3, 0.4) is 0 Å². The van der Waals surface area contributed by atoms with E-state index < -0.39 is 11.2 Å². The zero-order valence-electron chi connectivity index (χ0n) is 17.6. The maximum absolute atomic E-state index is 12.5. The number of rotatable bonds is 7. The molecule has 0 unspecified atom stereocenters. The Hall–Kier alpha value is -2.75. The van der Waals surface area contributed by atoms with Gasteiger partial charge in [0, 0.05) is 26.3 Å². The lowest BCUT2D eigenvalue weighted by molar-refractivity contribution is -1.02. The van der Waals surface area contributed by atoms with Gasteiger partial charge in [-0.3, -0.25) is 14.3 Å². The largest absolute Gasteiger partial charge is 0.383 e. The van der Waals surface area contributed by atoms with Crippen molar-refractivity contribution in [2.75, 3.05) is 39.9 Å². The van der Waals surface area contributed by atoms with E-state index in [1.807, 2.05) is 4.57 Å². The van der Waals surface area contributed by atoms with Crippen LogP contribution in [0.4, 0.5) is 0 Å². The van der Waals surface area contributed by atoms with Crippen LogP contribution in [0.5, 0.6) is 0 Å². The van der Waals surface area contributed by atoms with Gasteiger partial charge in [0.25, 0.3) is 5.56 Å². The molecule has 0 atom stereocenters. The zero-order valence-corrected chi connectivity index (χ0v) is 17.6. The highest BCUT2D eigenvalue weighted by atomic mass is 16.5. The van der Waals surface area contributed by atoms with E-state index >= 15 is 0 Å². The Morgan fingerprint density at radius 3 is 2.40 bits per heavy atom. The lowest BCUT2D eigenvalue weighted by Crippen LogP contribution is -3.27. The molecule has 0 saturated carbocycles. The van der Waals surface area contributed by atoms with Gasteiger partial charge in [0.1, 0.15) is 39.3 Å². The van der Waals surface area contributed by atoms with Gasteiger partial charge >= 0.3 is 5.69 Å². The number of quaternary nitrogens is 2. The highest BCUT2D eigenvalue weighted by molar-refractivity contribution is 5.70. The van der Waals surface area contributed by atoms with Gasteiger partial charge in [-0.15, -0.1) is 0 Å². The predicted octanol–water partition coefficient (Wildman–Crippen LogP) is -2.45. The number of fused-ring (bicyclic) bond motifs is 1. The van der Waals surface area contributed by atoms with E-state index in [4.69, 9.17) is 9.72 Å². The standard InChI is InChI=1S/C21H28N6O3/c1-24-19-18(20(28)23-21(24)29)27(12-13-30-2)17(22-19)15-26-10-8-25(9-11-26)14-16-6-4-3-5-7-16/h3-7H,8-15H2,1-2H3,(H,23,28,29)/p+2. The van der Waals surface area contributed by atoms with Crippen molar-refractivity contribution < 1.29 is 14.5 Å². The number of nitrogens with zero attached hydrogens (tertiary/aromatic N) is 3. The van der Waals surface area contributed by atoms with Crippen LogP contribution in [0.2, 0.25) is 0 Å². The third-order valence-electron chi connectivity index (χ3n) is 5.97. The molecule has 4 rings (SSSR count). The summed E-state index contributed by atoms with van der Waals surface area (Å²) in [5.74, 6) is 0.829. The first kappa shape index (κ1) is 20.5. The van der Waals surface area contributed by atoms with E-state index in [1.165, 1.54) is 15.0 Å². The molecule has 1 fully saturated rings. The van der Waals surface area contributed by atoms with E-state index in [9.17, 15) is 9.59 Å². The molecule has 0 radical (unpaired) electrons. The number of methoxy groups -OCH3 is 1. The second-order valence-electron chi connectivity index (χ2n) is 8.00. The van der Waals surface area contributed by atoms with Crippen LogP contribution in [-0.4, -0.2) is 59.0 Å². The summed E-state index contributed by atoms with van der Waals surface area (Å²) in [5, 5.41) is 0. The molecule has 30 heavy (non-hydrogen) atoms. The highest BCUT2D eigenvalue weighted by Crippen LogP contribution is 2.10. The number of ether oxygens (including phenoxy) is 1. The van der Waals surface area contributed by atoms with Gasteiger partial charge in [-0.25, -0.2) is 9.78 Å². The topological polar surface area (TPSA) is 90.8 Å². The number of aromatic amines is 1. The minimum absolute atomic E-state index is 0.393. The number of hydrogen-bond donors (Lipinski definition) is 3. The number of nitrogens with one attached hydrogen (secondary N) is 3. The average Bonchev–Trinajstić information content (AvgIpc) is 3.11. The van der Waals surface area contributed by atoms with Crippen molar-refractivity contribution in [3.63, 3.8) is 0 Å². The Morgan fingerprint density at radius 1 is 1.07 bits per heavy atom. The molecule has 0 amide bonds. The first-order chi connectivity index (χ1) is 14.6. The highest BCUT2D eigenvalue weighted by Gasteiger charge is 2.26. The summed E-state index contributed by atoms with van der Waals surface area (Å²) < 4.78 is 8.55. The van der Waals surface area contributed by atoms with Gasteiger partial charge < -0.3 is 19.1 Å². The summed E-state index contributed by atoms with van der Waals surface area (Å²) in [6.45, 7) is 7.08. The number of hydrogen-bond acceptors (Lipinski definition) is 4. The fourth-order valence-electron chi connectivity index (χ4n) is 4.26. The maximum atomic E-state index is 12.5. The molecule has 9 nitrogen and oxygen atoms in total. The van der Waals surface area contributed by atoms with Gasteiger partial charge in [0.15, 0.2) is 17.0 Å². The Kier molecular flexibility index (Phi) is 6.12. The molecule has 0 aliphatic carbocycles. The summed E-state index contributed by atoms with van der Waals surface area (Å²) in [6.07, 6.45) is 0. The van der Waals surface area contributed by atoms with Crippen LogP contribution in [0.25, 0.3) is 11.2 Å². The maximum Gasteiger partial charge on any atom is 0.329 e. The molecular weight excluding hydrogens is 384 g/mol. The molecule has 2 aromatic heterocycles. The van der Waals surface area contributed by atoms with Crippen molar-refractivity contribution in [1.29, 1.82) is 0 Å². The van der Waals surface area contributed by atoms with E-state index in [2.05, 4.69) is 35.3 Å². The van der Waals surface area contributed by atoms with Gasteiger partial charge in [-0.05, 0) is 0 Å². The average molecular weight is 415 g/mol. The number of aromatic nitrogens is 4. The van der Waals surface area contributed by atoms with Crippen molar-refractivity contribution in [2.24, 2.45) is 7.05 Å². The smallest absolute Gasteiger partial charge is 0.329 e. The Labute approximate surface area is 174 Å². The molecular formula is C21H30N6O3+2. The van der Waals surface area contributed by atoms with E-state index in [0.717, 1.165) is 45.1 Å². The third kappa shape index (κ3) is 4.23. The Balaban J connectivity index is 1.51. The van der Waals surface area contributed by atoms with Crippen LogP contribution >= 0.6 is 0 Å². The zero-order chi connectivity index (χ0) is 21.1. The normalized spacial score (nSPS) is 19.4. The Bertz CT molecular complexity index is 1110. The van der Waals surface area contributed by atoms with Crippen molar-refractivity contribution >= 4 is 11.2 Å². The summed E-state index contributed by atoms with van der Waals surface area (Å²) >= 11 is 0. The van der Waals surface area contributed by atoms with E-state index in [1.54, 1.807) is 19.1 Å². The van der Waals surface area contributed by atoms with Gasteiger partial charge in [0.2, 0.25) is 0 Å². The Morgan fingerprint density at radius 2 is 1.73 bits per heavy atom. The SMILES string of the molecule is COCCn1c(C[NH+]2CC[NH+](Cc3ccccc3)CC2)nc2c1c(=O)[nH]c(=O)n2C. The number of benzene rings is 1. The molecule has 1 aromatic carbocycles. The summed E-state index contributed by atoms with van der Waals surface area (Å²) in [5.41, 5.74) is 1.41. The lowest BCUT2D eigenvalue weighted by atomic mass is 10.2.